The van der Waals surface area contributed by atoms with Crippen molar-refractivity contribution in [3.63, 3.8) is 0 Å². The van der Waals surface area contributed by atoms with Crippen LogP contribution < -0.4 is 5.32 Å². The topological polar surface area (TPSA) is 75.6 Å². The smallest absolute Gasteiger partial charge is 0.303 e. The van der Waals surface area contributed by atoms with Gasteiger partial charge in [-0.1, -0.05) is 6.08 Å². The van der Waals surface area contributed by atoms with Gasteiger partial charge < -0.3 is 15.2 Å². The minimum atomic E-state index is -0.857. The van der Waals surface area contributed by atoms with Gasteiger partial charge in [0.25, 0.3) is 0 Å². The Morgan fingerprint density at radius 2 is 2.25 bits per heavy atom. The molecule has 0 aliphatic rings. The lowest BCUT2D eigenvalue weighted by atomic mass is 10.3. The van der Waals surface area contributed by atoms with Crippen LogP contribution in [0.1, 0.15) is 26.2 Å². The van der Waals surface area contributed by atoms with Crippen molar-refractivity contribution < 1.29 is 19.4 Å². The maximum absolute atomic E-state index is 11.4. The van der Waals surface area contributed by atoms with E-state index in [2.05, 4.69) is 11.9 Å². The van der Waals surface area contributed by atoms with E-state index in [0.29, 0.717) is 26.0 Å². The average Bonchev–Trinajstić information content (AvgIpc) is 2.24. The van der Waals surface area contributed by atoms with Crippen LogP contribution in [-0.2, 0) is 14.3 Å². The molecular weight excluding hydrogens is 210 g/mol. The van der Waals surface area contributed by atoms with Crippen molar-refractivity contribution in [2.24, 2.45) is 0 Å². The molecule has 2 N–H and O–H groups in total. The molecule has 0 saturated heterocycles. The lowest BCUT2D eigenvalue weighted by Gasteiger charge is -2.12. The fraction of sp³-hybridized carbons (Fsp3) is 0.636. The summed E-state index contributed by atoms with van der Waals surface area (Å²) in [5.74, 6) is -1.07. The molecule has 0 spiro atoms. The third-order valence-electron chi connectivity index (χ3n) is 1.93. The monoisotopic (exact) mass is 229 g/mol. The molecule has 5 heteroatoms. The Morgan fingerprint density at radius 1 is 1.56 bits per heavy atom. The van der Waals surface area contributed by atoms with Gasteiger partial charge >= 0.3 is 5.97 Å². The molecule has 0 aromatic rings. The Balaban J connectivity index is 3.54. The molecule has 0 aliphatic heterocycles. The first-order valence-corrected chi connectivity index (χ1v) is 5.30. The Hall–Kier alpha value is -1.36. The molecule has 16 heavy (non-hydrogen) atoms. The number of carbonyl (C=O) groups is 2. The number of amides is 1. The Labute approximate surface area is 95.5 Å². The third-order valence-corrected chi connectivity index (χ3v) is 1.93. The zero-order chi connectivity index (χ0) is 12.4. The van der Waals surface area contributed by atoms with Crippen LogP contribution in [0.5, 0.6) is 0 Å². The summed E-state index contributed by atoms with van der Waals surface area (Å²) < 4.78 is 5.22. The van der Waals surface area contributed by atoms with Crippen molar-refractivity contribution in [3.05, 3.63) is 12.7 Å². The number of carboxylic acid groups (broad SMARTS) is 1. The summed E-state index contributed by atoms with van der Waals surface area (Å²) in [6, 6.07) is 0. The van der Waals surface area contributed by atoms with Gasteiger partial charge in [0.05, 0.1) is 6.61 Å². The first-order valence-electron chi connectivity index (χ1n) is 5.30. The summed E-state index contributed by atoms with van der Waals surface area (Å²) in [5.41, 5.74) is 0. The second-order valence-electron chi connectivity index (χ2n) is 3.38. The highest BCUT2D eigenvalue weighted by Crippen LogP contribution is 1.94. The van der Waals surface area contributed by atoms with E-state index in [9.17, 15) is 9.59 Å². The molecule has 1 unspecified atom stereocenters. The van der Waals surface area contributed by atoms with E-state index in [4.69, 9.17) is 9.84 Å². The predicted octanol–water partition coefficient (Wildman–Crippen LogP) is 0.949. The predicted molar refractivity (Wildman–Crippen MR) is 60.1 cm³/mol. The number of ether oxygens (including phenoxy) is 1. The zero-order valence-electron chi connectivity index (χ0n) is 9.57. The second-order valence-corrected chi connectivity index (χ2v) is 3.38. The number of aliphatic carboxylic acids is 1. The van der Waals surface area contributed by atoms with Gasteiger partial charge in [-0.25, -0.2) is 0 Å². The summed E-state index contributed by atoms with van der Waals surface area (Å²) >= 11 is 0. The van der Waals surface area contributed by atoms with E-state index in [1.165, 1.54) is 0 Å². The summed E-state index contributed by atoms with van der Waals surface area (Å²) in [5, 5.41) is 11.0. The van der Waals surface area contributed by atoms with Gasteiger partial charge in [0.15, 0.2) is 0 Å². The van der Waals surface area contributed by atoms with Crippen molar-refractivity contribution >= 4 is 11.9 Å². The first-order chi connectivity index (χ1) is 7.57. The Morgan fingerprint density at radius 3 is 2.81 bits per heavy atom. The van der Waals surface area contributed by atoms with Crippen LogP contribution in [0.3, 0.4) is 0 Å². The van der Waals surface area contributed by atoms with Gasteiger partial charge in [-0.05, 0) is 19.8 Å². The van der Waals surface area contributed by atoms with E-state index >= 15 is 0 Å². The molecule has 1 atom stereocenters. The highest BCUT2D eigenvalue weighted by atomic mass is 16.5. The van der Waals surface area contributed by atoms with Crippen molar-refractivity contribution in [1.29, 1.82) is 0 Å². The molecule has 0 bridgehead atoms. The molecule has 0 radical (unpaired) electrons. The fourth-order valence-electron chi connectivity index (χ4n) is 0.999. The van der Waals surface area contributed by atoms with Crippen LogP contribution >= 0.6 is 0 Å². The number of carbonyl (C=O) groups excluding carboxylic acids is 1. The van der Waals surface area contributed by atoms with Crippen LogP contribution in [0, 0.1) is 0 Å². The van der Waals surface area contributed by atoms with Gasteiger partial charge in [-0.15, -0.1) is 6.58 Å². The highest BCUT2D eigenvalue weighted by molar-refractivity contribution is 5.80. The third kappa shape index (κ3) is 7.99. The molecule has 0 aromatic carbocycles. The van der Waals surface area contributed by atoms with Crippen molar-refractivity contribution in [2.75, 3.05) is 13.2 Å². The van der Waals surface area contributed by atoms with Gasteiger partial charge in [0.1, 0.15) is 6.10 Å². The molecule has 0 heterocycles. The Kier molecular flexibility index (Phi) is 8.15. The number of hydrogen-bond acceptors (Lipinski definition) is 3. The largest absolute Gasteiger partial charge is 0.481 e. The van der Waals surface area contributed by atoms with Gasteiger partial charge in [0.2, 0.25) is 5.91 Å². The quantitative estimate of drug-likeness (QED) is 0.456. The van der Waals surface area contributed by atoms with Gasteiger partial charge in [0, 0.05) is 13.0 Å². The van der Waals surface area contributed by atoms with Crippen LogP contribution in [0.4, 0.5) is 0 Å². The molecule has 0 aromatic heterocycles. The van der Waals surface area contributed by atoms with E-state index < -0.39 is 12.1 Å². The number of hydrogen-bond donors (Lipinski definition) is 2. The van der Waals surface area contributed by atoms with Crippen LogP contribution in [0.2, 0.25) is 0 Å². The van der Waals surface area contributed by atoms with E-state index in [1.807, 2.05) is 0 Å². The van der Waals surface area contributed by atoms with E-state index in [-0.39, 0.29) is 12.3 Å². The van der Waals surface area contributed by atoms with Crippen LogP contribution in [-0.4, -0.2) is 36.2 Å². The molecule has 0 aliphatic carbocycles. The Bertz CT molecular complexity index is 240. The number of carboxylic acids is 1. The molecule has 5 nitrogen and oxygen atoms in total. The summed E-state index contributed by atoms with van der Waals surface area (Å²) in [6.45, 7) is 6.03. The molecule has 0 rings (SSSR count). The van der Waals surface area contributed by atoms with Crippen molar-refractivity contribution in [3.8, 4) is 0 Å². The van der Waals surface area contributed by atoms with Gasteiger partial charge in [-0.2, -0.15) is 0 Å². The SMILES string of the molecule is C=CCCOC(C)C(=O)NCCCC(=O)O. The normalized spacial score (nSPS) is 11.8. The maximum Gasteiger partial charge on any atom is 0.303 e. The average molecular weight is 229 g/mol. The lowest BCUT2D eigenvalue weighted by molar-refractivity contribution is -0.137. The minimum absolute atomic E-state index is 0.0615. The second kappa shape index (κ2) is 8.91. The molecule has 0 saturated carbocycles. The molecule has 92 valence electrons. The zero-order valence-corrected chi connectivity index (χ0v) is 9.57. The van der Waals surface area contributed by atoms with Crippen LogP contribution in [0.25, 0.3) is 0 Å². The maximum atomic E-state index is 11.4. The fourth-order valence-corrected chi connectivity index (χ4v) is 0.999. The molecular formula is C11H19NO4. The molecule has 1 amide bonds. The summed E-state index contributed by atoms with van der Waals surface area (Å²) in [7, 11) is 0. The first kappa shape index (κ1) is 14.6. The number of rotatable bonds is 9. The lowest BCUT2D eigenvalue weighted by Crippen LogP contribution is -2.35. The van der Waals surface area contributed by atoms with Gasteiger partial charge in [-0.3, -0.25) is 9.59 Å². The summed E-state index contributed by atoms with van der Waals surface area (Å²) in [4.78, 5) is 21.6. The van der Waals surface area contributed by atoms with Crippen molar-refractivity contribution in [1.82, 2.24) is 5.32 Å². The minimum Gasteiger partial charge on any atom is -0.481 e. The van der Waals surface area contributed by atoms with E-state index in [1.54, 1.807) is 13.0 Å². The van der Waals surface area contributed by atoms with Crippen LogP contribution in [0.15, 0.2) is 12.7 Å². The highest BCUT2D eigenvalue weighted by Gasteiger charge is 2.11. The number of nitrogens with one attached hydrogen (secondary N) is 1. The molecule has 0 fully saturated rings. The standard InChI is InChI=1S/C11H19NO4/c1-3-4-8-16-9(2)11(15)12-7-5-6-10(13)14/h3,9H,1,4-8H2,2H3,(H,12,15)(H,13,14). The van der Waals surface area contributed by atoms with Crippen molar-refractivity contribution in [2.45, 2.75) is 32.3 Å². The summed E-state index contributed by atoms with van der Waals surface area (Å²) in [6.07, 6.45) is 2.41. The van der Waals surface area contributed by atoms with E-state index in [0.717, 1.165) is 0 Å².